The van der Waals surface area contributed by atoms with Crippen molar-refractivity contribution >= 4 is 29.7 Å². The van der Waals surface area contributed by atoms with Crippen molar-refractivity contribution in [2.75, 3.05) is 7.05 Å². The molecule has 1 aliphatic heterocycles. The minimum absolute atomic E-state index is 0.297. The Morgan fingerprint density at radius 3 is 2.71 bits per heavy atom. The van der Waals surface area contributed by atoms with Crippen LogP contribution in [0.15, 0.2) is 46.5 Å². The zero-order chi connectivity index (χ0) is 17.3. The van der Waals surface area contributed by atoms with Crippen molar-refractivity contribution < 1.29 is 19.1 Å². The molecule has 0 spiro atoms. The Kier molecular flexibility index (Phi) is 4.18. The van der Waals surface area contributed by atoms with Crippen molar-refractivity contribution in [3.8, 4) is 11.3 Å². The van der Waals surface area contributed by atoms with Crippen molar-refractivity contribution in [2.24, 2.45) is 0 Å². The summed E-state index contributed by atoms with van der Waals surface area (Å²) in [7, 11) is 1.60. The molecule has 24 heavy (non-hydrogen) atoms. The molecule has 8 heteroatoms. The van der Waals surface area contributed by atoms with Crippen LogP contribution >= 0.6 is 11.6 Å². The number of hydrogen-bond acceptors (Lipinski definition) is 4. The van der Waals surface area contributed by atoms with Gasteiger partial charge < -0.3 is 19.7 Å². The number of amides is 2. The Morgan fingerprint density at radius 2 is 2.04 bits per heavy atom. The fourth-order valence-corrected chi connectivity index (χ4v) is 2.47. The summed E-state index contributed by atoms with van der Waals surface area (Å²) in [6.45, 7) is 0. The van der Waals surface area contributed by atoms with Gasteiger partial charge in [-0.05, 0) is 36.4 Å². The molecule has 1 atom stereocenters. The van der Waals surface area contributed by atoms with Gasteiger partial charge in [-0.3, -0.25) is 10.1 Å². The maximum absolute atomic E-state index is 12.0. The van der Waals surface area contributed by atoms with Gasteiger partial charge in [0.15, 0.2) is 6.29 Å². The third kappa shape index (κ3) is 3.21. The number of benzene rings is 1. The summed E-state index contributed by atoms with van der Waals surface area (Å²) in [4.78, 5) is 24.2. The van der Waals surface area contributed by atoms with E-state index in [1.165, 1.54) is 4.90 Å². The normalized spacial score (nSPS) is 18.8. The lowest BCUT2D eigenvalue weighted by Crippen LogP contribution is -2.48. The Morgan fingerprint density at radius 1 is 1.33 bits per heavy atom. The Hall–Kier alpha value is -2.93. The first kappa shape index (κ1) is 15.9. The molecule has 124 valence electrons. The van der Waals surface area contributed by atoms with Crippen LogP contribution < -0.4 is 10.6 Å². The molecule has 3 N–H and O–H groups in total. The van der Waals surface area contributed by atoms with Crippen molar-refractivity contribution in [3.63, 3.8) is 0 Å². The number of carbonyl (C=O) groups is 2. The lowest BCUT2D eigenvalue weighted by molar-refractivity contribution is -0.116. The van der Waals surface area contributed by atoms with E-state index in [-0.39, 0.29) is 5.91 Å². The smallest absolute Gasteiger partial charge is 0.407 e. The molecule has 1 saturated heterocycles. The van der Waals surface area contributed by atoms with Crippen molar-refractivity contribution in [2.45, 2.75) is 6.29 Å². The van der Waals surface area contributed by atoms with Crippen LogP contribution in [0, 0.1) is 0 Å². The van der Waals surface area contributed by atoms with Crippen molar-refractivity contribution in [3.05, 3.63) is 52.9 Å². The van der Waals surface area contributed by atoms with Gasteiger partial charge in [0.05, 0.1) is 0 Å². The van der Waals surface area contributed by atoms with Crippen LogP contribution in [0.4, 0.5) is 4.79 Å². The minimum atomic E-state index is -1.23. The summed E-state index contributed by atoms with van der Waals surface area (Å²) >= 11 is 5.86. The predicted molar refractivity (Wildman–Crippen MR) is 88.0 cm³/mol. The maximum Gasteiger partial charge on any atom is 0.407 e. The van der Waals surface area contributed by atoms with Crippen LogP contribution in [0.25, 0.3) is 17.4 Å². The van der Waals surface area contributed by atoms with E-state index in [2.05, 4.69) is 10.6 Å². The van der Waals surface area contributed by atoms with Crippen LogP contribution in [-0.2, 0) is 4.79 Å². The van der Waals surface area contributed by atoms with E-state index in [4.69, 9.17) is 21.1 Å². The summed E-state index contributed by atoms with van der Waals surface area (Å²) in [6, 6.07) is 10.7. The van der Waals surface area contributed by atoms with E-state index in [1.54, 1.807) is 37.4 Å². The van der Waals surface area contributed by atoms with E-state index in [1.807, 2.05) is 12.1 Å². The average Bonchev–Trinajstić information content (AvgIpc) is 3.09. The third-order valence-electron chi connectivity index (χ3n) is 3.56. The highest BCUT2D eigenvalue weighted by molar-refractivity contribution is 6.30. The first-order valence-electron chi connectivity index (χ1n) is 7.04. The van der Waals surface area contributed by atoms with Gasteiger partial charge in [0.25, 0.3) is 5.91 Å². The van der Waals surface area contributed by atoms with Crippen molar-refractivity contribution in [1.82, 2.24) is 15.5 Å². The maximum atomic E-state index is 12.0. The van der Waals surface area contributed by atoms with Crippen molar-refractivity contribution in [1.29, 1.82) is 0 Å². The molecule has 1 aromatic carbocycles. The fourth-order valence-electron chi connectivity index (χ4n) is 2.35. The van der Waals surface area contributed by atoms with E-state index in [9.17, 15) is 9.59 Å². The van der Waals surface area contributed by atoms with E-state index in [0.29, 0.717) is 22.2 Å². The van der Waals surface area contributed by atoms with E-state index < -0.39 is 12.4 Å². The molecular weight excluding hydrogens is 334 g/mol. The van der Waals surface area contributed by atoms with Gasteiger partial charge in [-0.2, -0.15) is 0 Å². The molecule has 7 nitrogen and oxygen atoms in total. The first-order chi connectivity index (χ1) is 11.4. The van der Waals surface area contributed by atoms with Gasteiger partial charge in [-0.25, -0.2) is 4.79 Å². The number of likely N-dealkylation sites (N-methyl/N-ethyl adjacent to an activating group) is 1. The summed E-state index contributed by atoms with van der Waals surface area (Å²) in [5.74, 6) is 0.730. The second-order valence-corrected chi connectivity index (χ2v) is 5.61. The monoisotopic (exact) mass is 347 g/mol. The summed E-state index contributed by atoms with van der Waals surface area (Å²) in [5, 5.41) is 14.1. The SMILES string of the molecule is CN1/C(=C/c2ccc(-c3ccc(Cl)cc3)o2)C(=O)NC1NC(=O)O. The average molecular weight is 348 g/mol. The second-order valence-electron chi connectivity index (χ2n) is 5.17. The zero-order valence-electron chi connectivity index (χ0n) is 12.6. The minimum Gasteiger partial charge on any atom is -0.465 e. The molecule has 0 saturated carbocycles. The molecule has 2 aromatic rings. The molecular formula is C16H14ClN3O4. The Bertz CT molecular complexity index is 813. The third-order valence-corrected chi connectivity index (χ3v) is 3.81. The number of carboxylic acid groups (broad SMARTS) is 1. The summed E-state index contributed by atoms with van der Waals surface area (Å²) < 4.78 is 5.72. The van der Waals surface area contributed by atoms with Gasteiger partial charge in [-0.1, -0.05) is 11.6 Å². The van der Waals surface area contributed by atoms with Crippen LogP contribution in [0.5, 0.6) is 0 Å². The largest absolute Gasteiger partial charge is 0.465 e. The number of furan rings is 1. The quantitative estimate of drug-likeness (QED) is 0.742. The van der Waals surface area contributed by atoms with Crippen LogP contribution in [0.3, 0.4) is 0 Å². The van der Waals surface area contributed by atoms with Gasteiger partial charge in [0, 0.05) is 23.7 Å². The number of nitrogens with zero attached hydrogens (tertiary/aromatic N) is 1. The van der Waals surface area contributed by atoms with Crippen LogP contribution in [-0.4, -0.2) is 35.3 Å². The molecule has 1 aliphatic rings. The second kappa shape index (κ2) is 6.29. The van der Waals surface area contributed by atoms with Gasteiger partial charge in [-0.15, -0.1) is 0 Å². The fraction of sp³-hybridized carbons (Fsp3) is 0.125. The molecule has 1 unspecified atom stereocenters. The molecule has 0 aliphatic carbocycles. The highest BCUT2D eigenvalue weighted by atomic mass is 35.5. The summed E-state index contributed by atoms with van der Waals surface area (Å²) in [6.07, 6.45) is -0.485. The molecule has 0 bridgehead atoms. The molecule has 2 heterocycles. The van der Waals surface area contributed by atoms with Gasteiger partial charge in [0.2, 0.25) is 0 Å². The zero-order valence-corrected chi connectivity index (χ0v) is 13.4. The Labute approximate surface area is 142 Å². The molecule has 1 aromatic heterocycles. The number of halogens is 1. The molecule has 1 fully saturated rings. The van der Waals surface area contributed by atoms with E-state index in [0.717, 1.165) is 5.56 Å². The molecule has 2 amide bonds. The van der Waals surface area contributed by atoms with Gasteiger partial charge in [0.1, 0.15) is 17.2 Å². The molecule has 0 radical (unpaired) electrons. The van der Waals surface area contributed by atoms with E-state index >= 15 is 0 Å². The standard InChI is InChI=1S/C16H14ClN3O4/c1-20-12(14(21)18-15(20)19-16(22)23)8-11-6-7-13(24-11)9-2-4-10(17)5-3-9/h2-8,15,19H,1H3,(H,18,21)(H,22,23)/b12-8+. The number of hydrogen-bond donors (Lipinski definition) is 3. The highest BCUT2D eigenvalue weighted by Gasteiger charge is 2.32. The lowest BCUT2D eigenvalue weighted by atomic mass is 10.2. The molecule has 3 rings (SSSR count). The van der Waals surface area contributed by atoms with Crippen LogP contribution in [0.1, 0.15) is 5.76 Å². The highest BCUT2D eigenvalue weighted by Crippen LogP contribution is 2.26. The summed E-state index contributed by atoms with van der Waals surface area (Å²) in [5.41, 5.74) is 1.16. The van der Waals surface area contributed by atoms with Gasteiger partial charge >= 0.3 is 6.09 Å². The number of nitrogens with one attached hydrogen (secondary N) is 2. The lowest BCUT2D eigenvalue weighted by Gasteiger charge is -2.19. The Balaban J connectivity index is 1.83. The number of carbonyl (C=O) groups excluding carboxylic acids is 1. The predicted octanol–water partition coefficient (Wildman–Crippen LogP) is 2.55. The topological polar surface area (TPSA) is 94.8 Å². The van der Waals surface area contributed by atoms with Crippen LogP contribution in [0.2, 0.25) is 5.02 Å². The number of rotatable bonds is 3. The first-order valence-corrected chi connectivity index (χ1v) is 7.42.